The second-order valence-electron chi connectivity index (χ2n) is 15.0. The van der Waals surface area contributed by atoms with Gasteiger partial charge in [-0.15, -0.1) is 45.3 Å². The van der Waals surface area contributed by atoms with Crippen molar-refractivity contribution in [3.8, 4) is 56.9 Å². The van der Waals surface area contributed by atoms with Gasteiger partial charge in [-0.1, -0.05) is 97.1 Å². The van der Waals surface area contributed by atoms with Crippen molar-refractivity contribution in [3.05, 3.63) is 223 Å². The minimum absolute atomic E-state index is 0.287. The zero-order valence-corrected chi connectivity index (χ0v) is 37.9. The van der Waals surface area contributed by atoms with Crippen molar-refractivity contribution >= 4 is 91.5 Å². The second-order valence-corrected chi connectivity index (χ2v) is 19.3. The van der Waals surface area contributed by atoms with Crippen LogP contribution >= 0.6 is 45.3 Å². The third-order valence-corrected chi connectivity index (χ3v) is 15.7. The van der Waals surface area contributed by atoms with Gasteiger partial charge in [0.2, 0.25) is 0 Å². The number of carboxylic acid groups (broad SMARTS) is 1. The Balaban J connectivity index is 0.987. The Kier molecular flexibility index (Phi) is 11.9. The van der Waals surface area contributed by atoms with Gasteiger partial charge in [0.1, 0.15) is 11.6 Å². The Morgan fingerprint density at radius 3 is 1.28 bits per heavy atom. The number of nitrogens with zero attached hydrogens (tertiary/aromatic N) is 3. The third-order valence-electron chi connectivity index (χ3n) is 10.8. The Hall–Kier alpha value is -7.58. The number of aliphatic carboxylic acids is 1. The molecular formula is C56H37N3O2S4. The Morgan fingerprint density at radius 1 is 0.431 bits per heavy atom. The summed E-state index contributed by atoms with van der Waals surface area (Å²) in [6, 6.07) is 76.1. The van der Waals surface area contributed by atoms with Gasteiger partial charge in [0.05, 0.1) is 4.88 Å². The molecule has 9 heteroatoms. The maximum absolute atomic E-state index is 11.6. The fourth-order valence-electron chi connectivity index (χ4n) is 7.73. The molecule has 65 heavy (non-hydrogen) atoms. The van der Waals surface area contributed by atoms with Crippen molar-refractivity contribution in [2.24, 2.45) is 0 Å². The van der Waals surface area contributed by atoms with E-state index in [9.17, 15) is 15.2 Å². The van der Waals surface area contributed by atoms with Gasteiger partial charge in [-0.3, -0.25) is 0 Å². The van der Waals surface area contributed by atoms with Crippen molar-refractivity contribution in [3.63, 3.8) is 0 Å². The zero-order chi connectivity index (χ0) is 44.1. The van der Waals surface area contributed by atoms with E-state index in [0.29, 0.717) is 0 Å². The lowest BCUT2D eigenvalue weighted by Gasteiger charge is -2.25. The molecule has 0 amide bonds. The van der Waals surface area contributed by atoms with Crippen molar-refractivity contribution in [1.82, 2.24) is 0 Å². The summed E-state index contributed by atoms with van der Waals surface area (Å²) in [4.78, 5) is 24.8. The number of carbonyl (C=O) groups is 1. The molecule has 0 spiro atoms. The number of rotatable bonds is 13. The number of hydrogen-bond acceptors (Lipinski definition) is 8. The summed E-state index contributed by atoms with van der Waals surface area (Å²) >= 11 is 6.77. The van der Waals surface area contributed by atoms with E-state index in [4.69, 9.17) is 0 Å². The van der Waals surface area contributed by atoms with Gasteiger partial charge in [0.25, 0.3) is 0 Å². The van der Waals surface area contributed by atoms with Crippen LogP contribution in [0.1, 0.15) is 4.88 Å². The quantitative estimate of drug-likeness (QED) is 0.0922. The lowest BCUT2D eigenvalue weighted by atomic mass is 10.1. The number of para-hydroxylation sites is 4. The molecule has 6 aromatic carbocycles. The first kappa shape index (κ1) is 41.4. The fraction of sp³-hybridized carbons (Fsp3) is 0. The first-order valence-electron chi connectivity index (χ1n) is 20.8. The highest BCUT2D eigenvalue weighted by molar-refractivity contribution is 7.28. The molecule has 0 saturated carbocycles. The Bertz CT molecular complexity index is 3030. The number of thiophene rings is 4. The van der Waals surface area contributed by atoms with Gasteiger partial charge in [-0.05, 0) is 132 Å². The molecule has 1 N–H and O–H groups in total. The van der Waals surface area contributed by atoms with E-state index in [2.05, 4.69) is 186 Å². The normalized spacial score (nSPS) is 11.3. The summed E-state index contributed by atoms with van der Waals surface area (Å²) < 4.78 is 0. The molecule has 0 bridgehead atoms. The molecule has 0 atom stereocenters. The van der Waals surface area contributed by atoms with Gasteiger partial charge in [0, 0.05) is 73.8 Å². The van der Waals surface area contributed by atoms with Crippen LogP contribution in [0.3, 0.4) is 0 Å². The molecule has 0 aliphatic carbocycles. The zero-order valence-electron chi connectivity index (χ0n) is 34.6. The third kappa shape index (κ3) is 8.85. The number of anilines is 6. The molecule has 10 aromatic rings. The average Bonchev–Trinajstić information content (AvgIpc) is 4.21. The van der Waals surface area contributed by atoms with Crippen LogP contribution < -0.4 is 9.80 Å². The predicted molar refractivity (Wildman–Crippen MR) is 276 cm³/mol. The van der Waals surface area contributed by atoms with Crippen LogP contribution in [0.4, 0.5) is 34.1 Å². The number of carboxylic acids is 1. The molecule has 0 saturated heterocycles. The summed E-state index contributed by atoms with van der Waals surface area (Å²) in [5, 5.41) is 18.9. The van der Waals surface area contributed by atoms with E-state index < -0.39 is 5.97 Å². The van der Waals surface area contributed by atoms with Crippen LogP contribution in [0.15, 0.2) is 218 Å². The number of hydrogen-bond donors (Lipinski definition) is 1. The van der Waals surface area contributed by atoms with Gasteiger partial charge in [0.15, 0.2) is 0 Å². The van der Waals surface area contributed by atoms with Gasteiger partial charge in [-0.25, -0.2) is 4.79 Å². The molecule has 312 valence electrons. The van der Waals surface area contributed by atoms with E-state index in [1.807, 2.05) is 36.4 Å². The summed E-state index contributed by atoms with van der Waals surface area (Å²) in [7, 11) is 0. The number of nitriles is 1. The molecule has 10 rings (SSSR count). The molecule has 0 radical (unpaired) electrons. The van der Waals surface area contributed by atoms with Crippen LogP contribution in [0.25, 0.3) is 56.9 Å². The minimum Gasteiger partial charge on any atom is -0.477 e. The topological polar surface area (TPSA) is 67.6 Å². The molecular weight excluding hydrogens is 875 g/mol. The van der Waals surface area contributed by atoms with E-state index in [1.54, 1.807) is 40.1 Å². The lowest BCUT2D eigenvalue weighted by Crippen LogP contribution is -2.09. The van der Waals surface area contributed by atoms with Gasteiger partial charge >= 0.3 is 5.97 Å². The first-order valence-corrected chi connectivity index (χ1v) is 24.1. The molecule has 4 heterocycles. The SMILES string of the molecule is N#C/C(=C\c1ccc(-c2cc(-c3ccc(-c4ccc(N(c5ccccc5)c5ccccc5)cc4)s3)c(-c3ccc(-c4ccc(N(c5ccccc5)c5ccccc5)cc4)s3)s2)s1)C(=O)O. The molecule has 0 aliphatic rings. The summed E-state index contributed by atoms with van der Waals surface area (Å²) in [6.07, 6.45) is 1.44. The van der Waals surface area contributed by atoms with E-state index in [0.717, 1.165) is 70.3 Å². The van der Waals surface area contributed by atoms with E-state index >= 15 is 0 Å². The van der Waals surface area contributed by atoms with Crippen LogP contribution in [0.5, 0.6) is 0 Å². The Morgan fingerprint density at radius 2 is 0.831 bits per heavy atom. The predicted octanol–water partition coefficient (Wildman–Crippen LogP) is 17.2. The lowest BCUT2D eigenvalue weighted by molar-refractivity contribution is -0.132. The molecule has 0 fully saturated rings. The maximum Gasteiger partial charge on any atom is 0.346 e. The largest absolute Gasteiger partial charge is 0.477 e. The van der Waals surface area contributed by atoms with Crippen LogP contribution in [0.2, 0.25) is 0 Å². The fourth-order valence-corrected chi connectivity index (χ4v) is 12.2. The molecule has 5 nitrogen and oxygen atoms in total. The molecule has 0 unspecified atom stereocenters. The number of benzene rings is 6. The second kappa shape index (κ2) is 18.6. The van der Waals surface area contributed by atoms with Crippen LogP contribution in [0, 0.1) is 11.3 Å². The minimum atomic E-state index is -1.23. The van der Waals surface area contributed by atoms with Gasteiger partial charge < -0.3 is 14.9 Å². The first-order chi connectivity index (χ1) is 32.0. The van der Waals surface area contributed by atoms with E-state index in [-0.39, 0.29) is 5.57 Å². The van der Waals surface area contributed by atoms with Crippen molar-refractivity contribution in [2.75, 3.05) is 9.80 Å². The summed E-state index contributed by atoms with van der Waals surface area (Å²) in [5.41, 5.74) is 9.69. The summed E-state index contributed by atoms with van der Waals surface area (Å²) in [5.74, 6) is -1.23. The van der Waals surface area contributed by atoms with Crippen molar-refractivity contribution in [2.45, 2.75) is 0 Å². The standard InChI is InChI=1S/C56H37N3O2S4/c57-37-40(56(60)61)35-47-29-30-52(62-47)54-36-48(51-33-31-49(63-51)38-21-25-45(26-22-38)58(41-13-5-1-6-14-41)42-15-7-2-8-16-42)55(65-54)53-34-32-50(64-53)39-23-27-46(28-24-39)59(43-17-9-3-10-18-43)44-19-11-4-12-20-44/h1-36H,(H,60,61)/b40-35+. The van der Waals surface area contributed by atoms with Crippen molar-refractivity contribution in [1.29, 1.82) is 5.26 Å². The summed E-state index contributed by atoms with van der Waals surface area (Å²) in [6.45, 7) is 0. The van der Waals surface area contributed by atoms with Crippen LogP contribution in [-0.4, -0.2) is 11.1 Å². The molecule has 4 aromatic heterocycles. The highest BCUT2D eigenvalue weighted by Gasteiger charge is 2.21. The monoisotopic (exact) mass is 911 g/mol. The van der Waals surface area contributed by atoms with Crippen molar-refractivity contribution < 1.29 is 9.90 Å². The van der Waals surface area contributed by atoms with Gasteiger partial charge in [-0.2, -0.15) is 5.26 Å². The van der Waals surface area contributed by atoms with Crippen LogP contribution in [-0.2, 0) is 4.79 Å². The van der Waals surface area contributed by atoms with E-state index in [1.165, 1.54) is 36.9 Å². The maximum atomic E-state index is 11.6. The Labute approximate surface area is 393 Å². The smallest absolute Gasteiger partial charge is 0.346 e. The highest BCUT2D eigenvalue weighted by Crippen LogP contribution is 2.50. The average molecular weight is 912 g/mol. The molecule has 0 aliphatic heterocycles. The highest BCUT2D eigenvalue weighted by atomic mass is 32.1.